The summed E-state index contributed by atoms with van der Waals surface area (Å²) in [6, 6.07) is 67.1. The molecule has 0 aliphatic carbocycles. The van der Waals surface area contributed by atoms with Crippen LogP contribution in [0.2, 0.25) is 0 Å². The van der Waals surface area contributed by atoms with Gasteiger partial charge in [-0.1, -0.05) is 133 Å². The van der Waals surface area contributed by atoms with Crippen LogP contribution in [0.3, 0.4) is 0 Å². The number of rotatable bonds is 2. The third kappa shape index (κ3) is 4.86. The zero-order valence-electron chi connectivity index (χ0n) is 38.6. The van der Waals surface area contributed by atoms with Gasteiger partial charge in [0.1, 0.15) is 0 Å². The van der Waals surface area contributed by atoms with E-state index >= 15 is 0 Å². The van der Waals surface area contributed by atoms with E-state index in [0.29, 0.717) is 0 Å². The molecule has 0 N–H and O–H groups in total. The smallest absolute Gasteiger partial charge is 0.0627 e. The second-order valence-corrected chi connectivity index (χ2v) is 21.4. The van der Waals surface area contributed by atoms with Gasteiger partial charge in [-0.05, 0) is 134 Å². The monoisotopic (exact) mass is 857 g/mol. The molecule has 0 atom stereocenters. The van der Waals surface area contributed by atoms with Crippen molar-refractivity contribution < 1.29 is 0 Å². The molecule has 10 aromatic carbocycles. The Morgan fingerprint density at radius 3 is 1.60 bits per heavy atom. The fraction of sp³-hybridized carbons (Fsp3) is 0.125. The molecule has 0 aliphatic heterocycles. The van der Waals surface area contributed by atoms with Crippen LogP contribution in [0.1, 0.15) is 52.7 Å². The maximum absolute atomic E-state index is 2.66. The fourth-order valence-corrected chi connectivity index (χ4v) is 12.2. The van der Waals surface area contributed by atoms with Gasteiger partial charge >= 0.3 is 0 Å². The molecule has 0 spiro atoms. The highest BCUT2D eigenvalue weighted by Crippen LogP contribution is 2.50. The fourth-order valence-electron chi connectivity index (χ4n) is 12.2. The van der Waals surface area contributed by atoms with E-state index in [4.69, 9.17) is 0 Å². The molecule has 5 heterocycles. The van der Waals surface area contributed by atoms with Crippen LogP contribution < -0.4 is 0 Å². The van der Waals surface area contributed by atoms with Crippen molar-refractivity contribution in [1.29, 1.82) is 0 Å². The van der Waals surface area contributed by atoms with E-state index in [9.17, 15) is 0 Å². The predicted molar refractivity (Wildman–Crippen MR) is 288 cm³/mol. The first-order valence-corrected chi connectivity index (χ1v) is 23.8. The molecule has 0 unspecified atom stereocenters. The molecule has 318 valence electrons. The summed E-state index contributed by atoms with van der Waals surface area (Å²) in [6.45, 7) is 14.2. The number of hydrogen-bond donors (Lipinski definition) is 0. The van der Waals surface area contributed by atoms with Gasteiger partial charge in [0, 0.05) is 65.1 Å². The van der Waals surface area contributed by atoms with Crippen LogP contribution in [0.25, 0.3) is 136 Å². The summed E-state index contributed by atoms with van der Waals surface area (Å²) in [6.07, 6.45) is 0. The van der Waals surface area contributed by atoms with Crippen LogP contribution in [-0.2, 0) is 10.8 Å². The summed E-state index contributed by atoms with van der Waals surface area (Å²) in [4.78, 5) is 0. The Bertz CT molecular complexity index is 4620. The average Bonchev–Trinajstić information content (AvgIpc) is 4.11. The third-order valence-electron chi connectivity index (χ3n) is 15.5. The minimum absolute atomic E-state index is 0.0555. The van der Waals surface area contributed by atoms with Crippen molar-refractivity contribution in [3.63, 3.8) is 0 Å². The topological polar surface area (TPSA) is 13.8 Å². The maximum Gasteiger partial charge on any atom is 0.0627 e. The molecule has 0 fully saturated rings. The van der Waals surface area contributed by atoms with Crippen molar-refractivity contribution in [2.45, 2.75) is 52.4 Å². The molecule has 15 aromatic rings. The van der Waals surface area contributed by atoms with Crippen LogP contribution in [0, 0.1) is 0 Å². The van der Waals surface area contributed by atoms with E-state index in [2.05, 4.69) is 231 Å². The summed E-state index contributed by atoms with van der Waals surface area (Å²) in [5.74, 6) is 0. The number of nitrogens with zero attached hydrogens (tertiary/aromatic N) is 3. The molecular weight excluding hydrogens is 811 g/mol. The molecular formula is C64H47N3. The zero-order valence-corrected chi connectivity index (χ0v) is 38.6. The Hall–Kier alpha value is -7.88. The van der Waals surface area contributed by atoms with Gasteiger partial charge in [-0.25, -0.2) is 0 Å². The first kappa shape index (κ1) is 37.4. The normalized spacial score (nSPS) is 13.2. The summed E-state index contributed by atoms with van der Waals surface area (Å²) in [5.41, 5.74) is 16.4. The number of fused-ring (bicyclic) bond motifs is 18. The highest BCUT2D eigenvalue weighted by molar-refractivity contribution is 6.35. The summed E-state index contributed by atoms with van der Waals surface area (Å²) < 4.78 is 7.67. The Balaban J connectivity index is 1.13. The number of aromatic nitrogens is 3. The minimum atomic E-state index is -0.0700. The second kappa shape index (κ2) is 12.5. The predicted octanol–water partition coefficient (Wildman–Crippen LogP) is 17.7. The molecule has 0 bridgehead atoms. The quantitative estimate of drug-likeness (QED) is 0.164. The van der Waals surface area contributed by atoms with Gasteiger partial charge in [0.25, 0.3) is 0 Å². The Kier molecular flexibility index (Phi) is 6.97. The average molecular weight is 858 g/mol. The lowest BCUT2D eigenvalue weighted by molar-refractivity contribution is 0.591. The van der Waals surface area contributed by atoms with Gasteiger partial charge in [0.2, 0.25) is 0 Å². The highest BCUT2D eigenvalue weighted by atomic mass is 15.0. The number of hydrogen-bond acceptors (Lipinski definition) is 0. The van der Waals surface area contributed by atoms with E-state index in [0.717, 1.165) is 0 Å². The van der Waals surface area contributed by atoms with E-state index in [1.165, 1.54) is 147 Å². The van der Waals surface area contributed by atoms with Gasteiger partial charge in [0.15, 0.2) is 0 Å². The SMILES string of the molecule is CC(C)(C)c1cc(-c2ccc3c(c2)c2ccccc2n3-c2ccccc2)c2c(c1)c1cc(C(C)(C)C)cc3c4cc5c(cc4n2c31)c1c2ccccc2cc2c3cc4ccccc4cc3n5c21. The first-order chi connectivity index (χ1) is 32.5. The largest absolute Gasteiger partial charge is 0.309 e. The zero-order chi connectivity index (χ0) is 44.8. The Morgan fingerprint density at radius 1 is 0.313 bits per heavy atom. The van der Waals surface area contributed by atoms with Crippen molar-refractivity contribution in [3.8, 4) is 16.8 Å². The van der Waals surface area contributed by atoms with E-state index in [1.807, 2.05) is 0 Å². The molecule has 3 nitrogen and oxygen atoms in total. The van der Waals surface area contributed by atoms with E-state index in [-0.39, 0.29) is 10.8 Å². The van der Waals surface area contributed by atoms with E-state index < -0.39 is 0 Å². The molecule has 15 rings (SSSR count). The van der Waals surface area contributed by atoms with Gasteiger partial charge in [0.05, 0.1) is 44.1 Å². The summed E-state index contributed by atoms with van der Waals surface area (Å²) in [5, 5.41) is 18.2. The molecule has 0 aliphatic rings. The molecule has 0 radical (unpaired) electrons. The molecule has 0 saturated carbocycles. The Labute approximate surface area is 387 Å². The molecule has 0 saturated heterocycles. The van der Waals surface area contributed by atoms with Crippen molar-refractivity contribution in [2.24, 2.45) is 0 Å². The van der Waals surface area contributed by atoms with Crippen molar-refractivity contribution >= 4 is 120 Å². The summed E-state index contributed by atoms with van der Waals surface area (Å²) >= 11 is 0. The lowest BCUT2D eigenvalue weighted by Crippen LogP contribution is -2.11. The van der Waals surface area contributed by atoms with Gasteiger partial charge in [-0.15, -0.1) is 0 Å². The molecule has 67 heavy (non-hydrogen) atoms. The first-order valence-electron chi connectivity index (χ1n) is 23.8. The van der Waals surface area contributed by atoms with Crippen molar-refractivity contribution in [1.82, 2.24) is 13.4 Å². The van der Waals surface area contributed by atoms with Gasteiger partial charge < -0.3 is 13.4 Å². The lowest BCUT2D eigenvalue weighted by atomic mass is 9.83. The van der Waals surface area contributed by atoms with Crippen LogP contribution in [0.15, 0.2) is 176 Å². The molecule has 5 aromatic heterocycles. The lowest BCUT2D eigenvalue weighted by Gasteiger charge is -2.22. The van der Waals surface area contributed by atoms with Crippen LogP contribution >= 0.6 is 0 Å². The Morgan fingerprint density at radius 2 is 0.836 bits per heavy atom. The summed E-state index contributed by atoms with van der Waals surface area (Å²) in [7, 11) is 0. The van der Waals surface area contributed by atoms with E-state index in [1.54, 1.807) is 0 Å². The third-order valence-corrected chi connectivity index (χ3v) is 15.5. The van der Waals surface area contributed by atoms with Crippen LogP contribution in [0.4, 0.5) is 0 Å². The number of benzene rings is 10. The molecule has 3 heteroatoms. The van der Waals surface area contributed by atoms with Crippen LogP contribution in [0.5, 0.6) is 0 Å². The minimum Gasteiger partial charge on any atom is -0.309 e. The van der Waals surface area contributed by atoms with Crippen molar-refractivity contribution in [3.05, 3.63) is 187 Å². The maximum atomic E-state index is 2.66. The second-order valence-electron chi connectivity index (χ2n) is 21.4. The van der Waals surface area contributed by atoms with Gasteiger partial charge in [-0.3, -0.25) is 0 Å². The number of para-hydroxylation sites is 2. The molecule has 0 amide bonds. The van der Waals surface area contributed by atoms with Crippen LogP contribution in [-0.4, -0.2) is 13.4 Å². The highest BCUT2D eigenvalue weighted by Gasteiger charge is 2.29. The van der Waals surface area contributed by atoms with Crippen molar-refractivity contribution in [2.75, 3.05) is 0 Å². The van der Waals surface area contributed by atoms with Gasteiger partial charge in [-0.2, -0.15) is 0 Å². The standard InChI is InChI=1S/C64H47N3/c1-63(2,3)40-30-45(39-24-25-55-46(27-39)44-22-14-15-23-54(44)65(55)42-19-8-7-9-20-42)60-51(32-40)52-33-41(64(4,5)6)31-50-48-34-58-53(35-57(48)67(60)61(50)52)59-43-21-13-12-18-38(43)28-49-47-26-36-16-10-11-17-37(36)29-56(47)66(58)62(49)59/h7-35H,1-6H3.